The highest BCUT2D eigenvalue weighted by atomic mass is 19.1. The van der Waals surface area contributed by atoms with Gasteiger partial charge in [0, 0.05) is 32.6 Å². The fourth-order valence-corrected chi connectivity index (χ4v) is 3.23. The first-order chi connectivity index (χ1) is 12.6. The molecule has 0 N–H and O–H groups in total. The van der Waals surface area contributed by atoms with E-state index in [1.54, 1.807) is 17.0 Å². The van der Waals surface area contributed by atoms with Crippen LogP contribution in [0.25, 0.3) is 0 Å². The summed E-state index contributed by atoms with van der Waals surface area (Å²) in [7, 11) is 0. The van der Waals surface area contributed by atoms with Crippen LogP contribution in [-0.2, 0) is 11.2 Å². The fraction of sp³-hybridized carbons (Fsp3) is 0.333. The smallest absolute Gasteiger partial charge is 0.256 e. The Hall–Kier alpha value is -2.69. The molecule has 1 fully saturated rings. The maximum atomic E-state index is 13.9. The van der Waals surface area contributed by atoms with Crippen LogP contribution in [0.3, 0.4) is 0 Å². The van der Waals surface area contributed by atoms with Gasteiger partial charge in [0.2, 0.25) is 5.91 Å². The Balaban J connectivity index is 1.55. The minimum atomic E-state index is -0.502. The predicted molar refractivity (Wildman–Crippen MR) is 98.3 cm³/mol. The molecule has 1 aliphatic heterocycles. The zero-order valence-corrected chi connectivity index (χ0v) is 14.7. The van der Waals surface area contributed by atoms with Crippen LogP contribution < -0.4 is 0 Å². The Kier molecular flexibility index (Phi) is 6.00. The number of halogens is 1. The van der Waals surface area contributed by atoms with Gasteiger partial charge in [0.25, 0.3) is 5.91 Å². The molecule has 0 spiro atoms. The highest BCUT2D eigenvalue weighted by molar-refractivity contribution is 5.94. The third kappa shape index (κ3) is 4.48. The van der Waals surface area contributed by atoms with Crippen LogP contribution in [0.15, 0.2) is 54.6 Å². The van der Waals surface area contributed by atoms with E-state index in [2.05, 4.69) is 0 Å². The molecule has 1 aliphatic rings. The van der Waals surface area contributed by atoms with Gasteiger partial charge in [-0.2, -0.15) is 0 Å². The Morgan fingerprint density at radius 2 is 1.50 bits per heavy atom. The van der Waals surface area contributed by atoms with Crippen molar-refractivity contribution in [2.24, 2.45) is 0 Å². The maximum Gasteiger partial charge on any atom is 0.256 e. The van der Waals surface area contributed by atoms with Gasteiger partial charge < -0.3 is 9.80 Å². The Labute approximate surface area is 153 Å². The average molecular weight is 354 g/mol. The maximum absolute atomic E-state index is 13.9. The van der Waals surface area contributed by atoms with E-state index in [4.69, 9.17) is 0 Å². The van der Waals surface area contributed by atoms with E-state index in [-0.39, 0.29) is 17.4 Å². The topological polar surface area (TPSA) is 40.6 Å². The molecule has 0 bridgehead atoms. The van der Waals surface area contributed by atoms with Gasteiger partial charge in [-0.1, -0.05) is 42.5 Å². The summed E-state index contributed by atoms with van der Waals surface area (Å²) in [5, 5.41) is 0. The number of benzene rings is 2. The van der Waals surface area contributed by atoms with Gasteiger partial charge in [-0.15, -0.1) is 0 Å². The Morgan fingerprint density at radius 3 is 2.27 bits per heavy atom. The lowest BCUT2D eigenvalue weighted by Crippen LogP contribution is -2.37. The first-order valence-electron chi connectivity index (χ1n) is 9.00. The third-order valence-electron chi connectivity index (χ3n) is 4.71. The van der Waals surface area contributed by atoms with E-state index in [0.717, 1.165) is 5.56 Å². The van der Waals surface area contributed by atoms with E-state index in [1.165, 1.54) is 12.1 Å². The number of hydrogen-bond acceptors (Lipinski definition) is 2. The Bertz CT molecular complexity index is 764. The second kappa shape index (κ2) is 8.61. The monoisotopic (exact) mass is 354 g/mol. The number of nitrogens with zero attached hydrogens (tertiary/aromatic N) is 2. The van der Waals surface area contributed by atoms with Crippen molar-refractivity contribution in [2.45, 2.75) is 19.3 Å². The molecular weight excluding hydrogens is 331 g/mol. The summed E-state index contributed by atoms with van der Waals surface area (Å²) in [6, 6.07) is 16.0. The van der Waals surface area contributed by atoms with Crippen molar-refractivity contribution < 1.29 is 14.0 Å². The lowest BCUT2D eigenvalue weighted by atomic mass is 10.1. The molecule has 26 heavy (non-hydrogen) atoms. The molecular formula is C21H23FN2O2. The van der Waals surface area contributed by atoms with Crippen molar-refractivity contribution in [2.75, 3.05) is 26.2 Å². The molecule has 1 heterocycles. The number of carbonyl (C=O) groups is 2. The number of aryl methyl sites for hydroxylation is 1. The van der Waals surface area contributed by atoms with Crippen molar-refractivity contribution in [3.63, 3.8) is 0 Å². The van der Waals surface area contributed by atoms with E-state index in [0.29, 0.717) is 45.4 Å². The molecule has 2 amide bonds. The molecule has 3 rings (SSSR count). The lowest BCUT2D eigenvalue weighted by Gasteiger charge is -2.22. The predicted octanol–water partition coefficient (Wildman–Crippen LogP) is 3.13. The third-order valence-corrected chi connectivity index (χ3v) is 4.71. The molecule has 4 nitrogen and oxygen atoms in total. The number of rotatable bonds is 4. The van der Waals surface area contributed by atoms with Gasteiger partial charge in [0.15, 0.2) is 0 Å². The Morgan fingerprint density at radius 1 is 0.846 bits per heavy atom. The number of carbonyl (C=O) groups excluding carboxylic acids is 2. The van der Waals surface area contributed by atoms with E-state index >= 15 is 0 Å². The summed E-state index contributed by atoms with van der Waals surface area (Å²) in [4.78, 5) is 28.5. The first-order valence-corrected chi connectivity index (χ1v) is 9.00. The molecule has 0 aromatic heterocycles. The number of amides is 2. The summed E-state index contributed by atoms with van der Waals surface area (Å²) in [5.41, 5.74) is 1.24. The minimum absolute atomic E-state index is 0.0938. The van der Waals surface area contributed by atoms with Crippen LogP contribution in [0, 0.1) is 5.82 Å². The SMILES string of the molecule is O=C(CCc1ccccc1)N1CCCN(C(=O)c2ccccc2F)CC1. The molecule has 0 aliphatic carbocycles. The standard InChI is InChI=1S/C21H23FN2O2/c22-19-10-5-4-9-18(19)21(26)24-14-6-13-23(15-16-24)20(25)12-11-17-7-2-1-3-8-17/h1-5,7-10H,6,11-16H2. The van der Waals surface area contributed by atoms with Gasteiger partial charge in [0.1, 0.15) is 5.82 Å². The normalized spacial score (nSPS) is 14.8. The second-order valence-corrected chi connectivity index (χ2v) is 6.49. The van der Waals surface area contributed by atoms with Gasteiger partial charge >= 0.3 is 0 Å². The zero-order chi connectivity index (χ0) is 18.4. The highest BCUT2D eigenvalue weighted by Gasteiger charge is 2.24. The minimum Gasteiger partial charge on any atom is -0.341 e. The summed E-state index contributed by atoms with van der Waals surface area (Å²) < 4.78 is 13.9. The van der Waals surface area contributed by atoms with Gasteiger partial charge in [0.05, 0.1) is 5.56 Å². The summed E-state index contributed by atoms with van der Waals surface area (Å²) in [6.07, 6.45) is 1.89. The van der Waals surface area contributed by atoms with Gasteiger partial charge in [-0.05, 0) is 30.5 Å². The van der Waals surface area contributed by atoms with Crippen LogP contribution in [0.4, 0.5) is 4.39 Å². The highest BCUT2D eigenvalue weighted by Crippen LogP contribution is 2.13. The largest absolute Gasteiger partial charge is 0.341 e. The average Bonchev–Trinajstić information content (AvgIpc) is 2.93. The quantitative estimate of drug-likeness (QED) is 0.846. The van der Waals surface area contributed by atoms with Crippen molar-refractivity contribution in [3.05, 3.63) is 71.5 Å². The van der Waals surface area contributed by atoms with Gasteiger partial charge in [-0.3, -0.25) is 9.59 Å². The molecule has 0 saturated carbocycles. The van der Waals surface area contributed by atoms with Crippen molar-refractivity contribution in [1.29, 1.82) is 0 Å². The van der Waals surface area contributed by atoms with Crippen molar-refractivity contribution in [1.82, 2.24) is 9.80 Å². The van der Waals surface area contributed by atoms with Crippen molar-refractivity contribution in [3.8, 4) is 0 Å². The van der Waals surface area contributed by atoms with E-state index < -0.39 is 5.82 Å². The van der Waals surface area contributed by atoms with Gasteiger partial charge in [-0.25, -0.2) is 4.39 Å². The molecule has 2 aromatic rings. The van der Waals surface area contributed by atoms with Crippen LogP contribution in [0.2, 0.25) is 0 Å². The van der Waals surface area contributed by atoms with Crippen LogP contribution >= 0.6 is 0 Å². The fourth-order valence-electron chi connectivity index (χ4n) is 3.23. The zero-order valence-electron chi connectivity index (χ0n) is 14.7. The van der Waals surface area contributed by atoms with Crippen LogP contribution in [0.5, 0.6) is 0 Å². The van der Waals surface area contributed by atoms with E-state index in [9.17, 15) is 14.0 Å². The molecule has 0 unspecified atom stereocenters. The summed E-state index contributed by atoms with van der Waals surface area (Å²) >= 11 is 0. The summed E-state index contributed by atoms with van der Waals surface area (Å²) in [5.74, 6) is -0.701. The second-order valence-electron chi connectivity index (χ2n) is 6.49. The van der Waals surface area contributed by atoms with E-state index in [1.807, 2.05) is 35.2 Å². The summed E-state index contributed by atoms with van der Waals surface area (Å²) in [6.45, 7) is 2.10. The van der Waals surface area contributed by atoms with Crippen LogP contribution in [-0.4, -0.2) is 47.8 Å². The molecule has 1 saturated heterocycles. The first kappa shape index (κ1) is 18.1. The molecule has 0 atom stereocenters. The number of hydrogen-bond donors (Lipinski definition) is 0. The molecule has 136 valence electrons. The lowest BCUT2D eigenvalue weighted by molar-refractivity contribution is -0.131. The van der Waals surface area contributed by atoms with Crippen LogP contribution in [0.1, 0.15) is 28.8 Å². The molecule has 0 radical (unpaired) electrons. The molecule has 5 heteroatoms. The van der Waals surface area contributed by atoms with Crippen molar-refractivity contribution >= 4 is 11.8 Å². The molecule has 2 aromatic carbocycles.